The van der Waals surface area contributed by atoms with Gasteiger partial charge in [-0.05, 0) is 24.5 Å². The lowest BCUT2D eigenvalue weighted by Crippen LogP contribution is -2.43. The number of amides is 1. The normalized spacial score (nSPS) is 18.9. The first-order valence-electron chi connectivity index (χ1n) is 5.92. The van der Waals surface area contributed by atoms with Gasteiger partial charge in [0, 0.05) is 6.54 Å². The number of rotatable bonds is 3. The second-order valence-electron chi connectivity index (χ2n) is 4.42. The molecule has 0 bridgehead atoms. The summed E-state index contributed by atoms with van der Waals surface area (Å²) < 4.78 is 13.5. The summed E-state index contributed by atoms with van der Waals surface area (Å²) in [6.07, 6.45) is 1.76. The predicted octanol–water partition coefficient (Wildman–Crippen LogP) is 1.65. The minimum absolute atomic E-state index is 0.0613. The van der Waals surface area contributed by atoms with E-state index in [2.05, 4.69) is 0 Å². The van der Waals surface area contributed by atoms with Crippen LogP contribution >= 0.6 is 12.2 Å². The molecule has 96 valence electrons. The number of thiocarbonyl (C=S) groups is 1. The van der Waals surface area contributed by atoms with Gasteiger partial charge in [0.2, 0.25) is 5.91 Å². The fourth-order valence-electron chi connectivity index (χ4n) is 2.27. The molecule has 0 saturated carbocycles. The van der Waals surface area contributed by atoms with Crippen LogP contribution < -0.4 is 5.73 Å². The first-order chi connectivity index (χ1) is 8.59. The van der Waals surface area contributed by atoms with Crippen LogP contribution in [0.15, 0.2) is 24.3 Å². The summed E-state index contributed by atoms with van der Waals surface area (Å²) in [6.45, 7) is 0.648. The number of hydrogen-bond donors (Lipinski definition) is 1. The second-order valence-corrected chi connectivity index (χ2v) is 4.89. The van der Waals surface area contributed by atoms with Gasteiger partial charge in [-0.3, -0.25) is 4.79 Å². The van der Waals surface area contributed by atoms with Gasteiger partial charge in [-0.25, -0.2) is 4.39 Å². The molecule has 1 unspecified atom stereocenters. The number of likely N-dealkylation sites (tertiary alicyclic amines) is 1. The van der Waals surface area contributed by atoms with Gasteiger partial charge in [0.25, 0.3) is 0 Å². The van der Waals surface area contributed by atoms with E-state index in [9.17, 15) is 9.18 Å². The van der Waals surface area contributed by atoms with Crippen molar-refractivity contribution in [3.63, 3.8) is 0 Å². The molecule has 0 radical (unpaired) electrons. The second kappa shape index (κ2) is 5.44. The molecular formula is C13H15FN2OS. The molecule has 3 nitrogen and oxygen atoms in total. The lowest BCUT2D eigenvalue weighted by molar-refractivity contribution is -0.130. The monoisotopic (exact) mass is 266 g/mol. The highest BCUT2D eigenvalue weighted by Gasteiger charge is 2.30. The lowest BCUT2D eigenvalue weighted by atomic mass is 10.1. The van der Waals surface area contributed by atoms with Crippen LogP contribution in [0, 0.1) is 5.82 Å². The van der Waals surface area contributed by atoms with Gasteiger partial charge in [-0.2, -0.15) is 0 Å². The van der Waals surface area contributed by atoms with Crippen LogP contribution in [0.1, 0.15) is 18.4 Å². The molecule has 2 rings (SSSR count). The summed E-state index contributed by atoms with van der Waals surface area (Å²) in [4.78, 5) is 14.1. The Morgan fingerprint density at radius 1 is 1.50 bits per heavy atom. The van der Waals surface area contributed by atoms with E-state index in [-0.39, 0.29) is 24.2 Å². The third-order valence-corrected chi connectivity index (χ3v) is 3.47. The minimum atomic E-state index is -0.350. The molecule has 1 aliphatic heterocycles. The molecule has 18 heavy (non-hydrogen) atoms. The van der Waals surface area contributed by atoms with Crippen molar-refractivity contribution in [2.75, 3.05) is 6.54 Å². The largest absolute Gasteiger partial charge is 0.392 e. The number of carbonyl (C=O) groups is 1. The Bertz CT molecular complexity index is 478. The van der Waals surface area contributed by atoms with E-state index in [1.54, 1.807) is 23.1 Å². The molecule has 0 aromatic heterocycles. The van der Waals surface area contributed by atoms with Crippen LogP contribution in [-0.4, -0.2) is 28.4 Å². The fourth-order valence-corrected chi connectivity index (χ4v) is 2.51. The first-order valence-corrected chi connectivity index (χ1v) is 6.32. The quantitative estimate of drug-likeness (QED) is 0.846. The molecule has 1 amide bonds. The highest BCUT2D eigenvalue weighted by molar-refractivity contribution is 7.80. The first kappa shape index (κ1) is 13.0. The third kappa shape index (κ3) is 2.67. The predicted molar refractivity (Wildman–Crippen MR) is 71.6 cm³/mol. The minimum Gasteiger partial charge on any atom is -0.392 e. The maximum absolute atomic E-state index is 13.5. The van der Waals surface area contributed by atoms with Gasteiger partial charge in [0.1, 0.15) is 5.82 Å². The van der Waals surface area contributed by atoms with Gasteiger partial charge in [0.15, 0.2) is 0 Å². The van der Waals surface area contributed by atoms with Gasteiger partial charge in [-0.1, -0.05) is 30.4 Å². The number of carbonyl (C=O) groups excluding carboxylic acids is 1. The smallest absolute Gasteiger partial charge is 0.227 e. The fraction of sp³-hybridized carbons (Fsp3) is 0.385. The zero-order valence-corrected chi connectivity index (χ0v) is 10.8. The number of benzene rings is 1. The van der Waals surface area contributed by atoms with Gasteiger partial charge in [-0.15, -0.1) is 0 Å². The van der Waals surface area contributed by atoms with Crippen LogP contribution in [0.3, 0.4) is 0 Å². The van der Waals surface area contributed by atoms with E-state index in [1.807, 2.05) is 0 Å². The van der Waals surface area contributed by atoms with Crippen LogP contribution in [0.25, 0.3) is 0 Å². The number of hydrogen-bond acceptors (Lipinski definition) is 2. The number of nitrogens with two attached hydrogens (primary N) is 1. The molecule has 1 aromatic carbocycles. The van der Waals surface area contributed by atoms with E-state index >= 15 is 0 Å². The van der Waals surface area contributed by atoms with Crippen molar-refractivity contribution in [1.82, 2.24) is 4.90 Å². The Kier molecular flexibility index (Phi) is 3.91. The summed E-state index contributed by atoms with van der Waals surface area (Å²) in [5.41, 5.74) is 6.03. The molecule has 1 heterocycles. The van der Waals surface area contributed by atoms with E-state index in [1.165, 1.54) is 6.07 Å². The lowest BCUT2D eigenvalue weighted by Gasteiger charge is -2.23. The Balaban J connectivity index is 2.08. The van der Waals surface area contributed by atoms with Crippen molar-refractivity contribution in [3.8, 4) is 0 Å². The third-order valence-electron chi connectivity index (χ3n) is 3.20. The molecule has 1 fully saturated rings. The van der Waals surface area contributed by atoms with Gasteiger partial charge in [0.05, 0.1) is 17.5 Å². The van der Waals surface area contributed by atoms with Crippen molar-refractivity contribution < 1.29 is 9.18 Å². The average Bonchev–Trinajstić information content (AvgIpc) is 2.81. The molecule has 1 saturated heterocycles. The van der Waals surface area contributed by atoms with Crippen molar-refractivity contribution in [1.29, 1.82) is 0 Å². The molecule has 1 atom stereocenters. The Morgan fingerprint density at radius 3 is 2.89 bits per heavy atom. The number of nitrogens with zero attached hydrogens (tertiary/aromatic N) is 1. The van der Waals surface area contributed by atoms with Crippen molar-refractivity contribution >= 4 is 23.1 Å². The van der Waals surface area contributed by atoms with Gasteiger partial charge >= 0.3 is 0 Å². The number of halogens is 1. The molecule has 5 heteroatoms. The summed E-state index contributed by atoms with van der Waals surface area (Å²) >= 11 is 4.95. The zero-order chi connectivity index (χ0) is 13.1. The molecule has 0 aliphatic carbocycles. The van der Waals surface area contributed by atoms with Crippen molar-refractivity contribution in [2.24, 2.45) is 5.73 Å². The van der Waals surface area contributed by atoms with Crippen LogP contribution in [0.4, 0.5) is 4.39 Å². The van der Waals surface area contributed by atoms with E-state index < -0.39 is 0 Å². The molecule has 0 spiro atoms. The summed E-state index contributed by atoms with van der Waals surface area (Å²) in [6, 6.07) is 6.15. The summed E-state index contributed by atoms with van der Waals surface area (Å²) in [5.74, 6) is -0.465. The molecule has 1 aliphatic rings. The topological polar surface area (TPSA) is 46.3 Å². The molecular weight excluding hydrogens is 251 g/mol. The standard InChI is InChI=1S/C13H15FN2OS/c14-10-5-2-1-4-9(10)8-12(17)16-7-3-6-11(16)13(15)18/h1-2,4-5,11H,3,6-8H2,(H2,15,18). The summed E-state index contributed by atoms with van der Waals surface area (Å²) in [7, 11) is 0. The maximum Gasteiger partial charge on any atom is 0.227 e. The van der Waals surface area contributed by atoms with E-state index in [0.717, 1.165) is 12.8 Å². The van der Waals surface area contributed by atoms with Crippen molar-refractivity contribution in [2.45, 2.75) is 25.3 Å². The average molecular weight is 266 g/mol. The van der Waals surface area contributed by atoms with Gasteiger partial charge < -0.3 is 10.6 Å². The molecule has 1 aromatic rings. The molecule has 2 N–H and O–H groups in total. The maximum atomic E-state index is 13.5. The Hall–Kier alpha value is -1.49. The van der Waals surface area contributed by atoms with E-state index in [0.29, 0.717) is 17.1 Å². The van der Waals surface area contributed by atoms with Crippen LogP contribution in [-0.2, 0) is 11.2 Å². The van der Waals surface area contributed by atoms with Crippen LogP contribution in [0.5, 0.6) is 0 Å². The van der Waals surface area contributed by atoms with E-state index in [4.69, 9.17) is 18.0 Å². The zero-order valence-electron chi connectivity index (χ0n) is 9.93. The highest BCUT2D eigenvalue weighted by Crippen LogP contribution is 2.19. The van der Waals surface area contributed by atoms with Crippen LogP contribution in [0.2, 0.25) is 0 Å². The Morgan fingerprint density at radius 2 is 2.22 bits per heavy atom. The SMILES string of the molecule is NC(=S)C1CCCN1C(=O)Cc1ccccc1F. The van der Waals surface area contributed by atoms with Crippen molar-refractivity contribution in [3.05, 3.63) is 35.6 Å². The summed E-state index contributed by atoms with van der Waals surface area (Å²) in [5, 5.41) is 0. The Labute approximate surface area is 111 Å². The highest BCUT2D eigenvalue weighted by atomic mass is 32.1.